The number of rotatable bonds is 2. The van der Waals surface area contributed by atoms with E-state index in [-0.39, 0.29) is 11.5 Å². The molecule has 0 saturated heterocycles. The first-order valence-corrected chi connectivity index (χ1v) is 4.99. The Bertz CT molecular complexity index is 584. The van der Waals surface area contributed by atoms with Gasteiger partial charge in [-0.3, -0.25) is 0 Å². The maximum absolute atomic E-state index is 13.1. The quantitative estimate of drug-likeness (QED) is 0.807. The molecular formula is C10H9FN4O. The molecule has 1 aliphatic carbocycles. The zero-order valence-corrected chi connectivity index (χ0v) is 8.35. The average molecular weight is 220 g/mol. The standard InChI is InChI=1S/C10H9FN4O/c11-8-3-1-2-7(6-8)10(4-5-10)15-9(16)12-13-14-15/h1-3,6H,4-5H2,(H,12,14,16). The lowest BCUT2D eigenvalue weighted by molar-refractivity contribution is 0.473. The highest BCUT2D eigenvalue weighted by Crippen LogP contribution is 2.47. The van der Waals surface area contributed by atoms with Gasteiger partial charge in [0.15, 0.2) is 0 Å². The van der Waals surface area contributed by atoms with Gasteiger partial charge in [0.25, 0.3) is 0 Å². The maximum atomic E-state index is 13.1. The number of halogens is 1. The van der Waals surface area contributed by atoms with Crippen molar-refractivity contribution in [3.05, 3.63) is 46.1 Å². The summed E-state index contributed by atoms with van der Waals surface area (Å²) in [5.74, 6) is -0.305. The predicted octanol–water partition coefficient (Wildman–Crippen LogP) is 0.643. The molecule has 3 rings (SSSR count). The van der Waals surface area contributed by atoms with E-state index in [9.17, 15) is 9.18 Å². The number of H-pyrrole nitrogens is 1. The molecule has 1 aromatic carbocycles. The Balaban J connectivity index is 2.14. The number of hydrogen-bond donors (Lipinski definition) is 1. The minimum Gasteiger partial charge on any atom is -0.244 e. The van der Waals surface area contributed by atoms with Crippen molar-refractivity contribution in [1.82, 2.24) is 20.2 Å². The van der Waals surface area contributed by atoms with Crippen LogP contribution in [0.25, 0.3) is 0 Å². The van der Waals surface area contributed by atoms with E-state index in [1.807, 2.05) is 0 Å². The van der Waals surface area contributed by atoms with Gasteiger partial charge in [-0.25, -0.2) is 14.3 Å². The number of nitrogens with one attached hydrogen (secondary N) is 1. The monoisotopic (exact) mass is 220 g/mol. The van der Waals surface area contributed by atoms with E-state index < -0.39 is 5.54 Å². The number of tetrazole rings is 1. The fraction of sp³-hybridized carbons (Fsp3) is 0.300. The number of aromatic nitrogens is 4. The number of aromatic amines is 1. The Kier molecular flexibility index (Phi) is 1.74. The van der Waals surface area contributed by atoms with Gasteiger partial charge in [0.1, 0.15) is 5.82 Å². The summed E-state index contributed by atoms with van der Waals surface area (Å²) < 4.78 is 14.4. The van der Waals surface area contributed by atoms with E-state index >= 15 is 0 Å². The third-order valence-corrected chi connectivity index (χ3v) is 2.96. The molecule has 2 aromatic rings. The normalized spacial score (nSPS) is 17.3. The molecule has 1 aromatic heterocycles. The zero-order valence-electron chi connectivity index (χ0n) is 8.35. The van der Waals surface area contributed by atoms with Crippen LogP contribution in [0, 0.1) is 5.82 Å². The second kappa shape index (κ2) is 3.01. The third kappa shape index (κ3) is 1.19. The molecule has 0 radical (unpaired) electrons. The van der Waals surface area contributed by atoms with Crippen LogP contribution in [0.15, 0.2) is 29.1 Å². The summed E-state index contributed by atoms with van der Waals surface area (Å²) in [7, 11) is 0. The summed E-state index contributed by atoms with van der Waals surface area (Å²) in [5.41, 5.74) is -0.0862. The fourth-order valence-corrected chi connectivity index (χ4v) is 2.00. The second-order valence-electron chi connectivity index (χ2n) is 3.96. The second-order valence-corrected chi connectivity index (χ2v) is 3.96. The summed E-state index contributed by atoms with van der Waals surface area (Å²) >= 11 is 0. The Morgan fingerprint density at radius 3 is 2.81 bits per heavy atom. The Morgan fingerprint density at radius 1 is 1.44 bits per heavy atom. The van der Waals surface area contributed by atoms with Crippen molar-refractivity contribution >= 4 is 0 Å². The molecule has 6 heteroatoms. The first-order valence-electron chi connectivity index (χ1n) is 4.99. The van der Waals surface area contributed by atoms with E-state index in [0.717, 1.165) is 18.4 Å². The lowest BCUT2D eigenvalue weighted by Crippen LogP contribution is -2.30. The van der Waals surface area contributed by atoms with Crippen molar-refractivity contribution in [3.63, 3.8) is 0 Å². The largest absolute Gasteiger partial charge is 0.361 e. The highest BCUT2D eigenvalue weighted by atomic mass is 19.1. The molecule has 0 unspecified atom stereocenters. The van der Waals surface area contributed by atoms with E-state index in [4.69, 9.17) is 0 Å². The SMILES string of the molecule is O=c1[nH]nnn1C1(c2cccc(F)c2)CC1. The molecule has 16 heavy (non-hydrogen) atoms. The van der Waals surface area contributed by atoms with E-state index in [1.165, 1.54) is 16.8 Å². The molecule has 0 spiro atoms. The fourth-order valence-electron chi connectivity index (χ4n) is 2.00. The lowest BCUT2D eigenvalue weighted by Gasteiger charge is -2.13. The van der Waals surface area contributed by atoms with E-state index in [1.54, 1.807) is 12.1 Å². The third-order valence-electron chi connectivity index (χ3n) is 2.96. The molecule has 82 valence electrons. The molecular weight excluding hydrogens is 211 g/mol. The van der Waals surface area contributed by atoms with Crippen LogP contribution in [-0.2, 0) is 5.54 Å². The van der Waals surface area contributed by atoms with Gasteiger partial charge in [-0.05, 0) is 41.0 Å². The Labute approximate surface area is 89.9 Å². The number of benzene rings is 1. The van der Waals surface area contributed by atoms with Crippen LogP contribution in [0.1, 0.15) is 18.4 Å². The topological polar surface area (TPSA) is 63.6 Å². The summed E-state index contributed by atoms with van der Waals surface area (Å²) in [5, 5.41) is 9.44. The van der Waals surface area contributed by atoms with Crippen LogP contribution in [0.2, 0.25) is 0 Å². The smallest absolute Gasteiger partial charge is 0.244 e. The summed E-state index contributed by atoms with van der Waals surface area (Å²) in [4.78, 5) is 11.5. The summed E-state index contributed by atoms with van der Waals surface area (Å²) in [6, 6.07) is 6.26. The molecule has 1 N–H and O–H groups in total. The van der Waals surface area contributed by atoms with Crippen LogP contribution in [0.4, 0.5) is 4.39 Å². The van der Waals surface area contributed by atoms with Crippen LogP contribution in [-0.4, -0.2) is 20.2 Å². The molecule has 0 amide bonds. The molecule has 0 bridgehead atoms. The van der Waals surface area contributed by atoms with Gasteiger partial charge in [-0.15, -0.1) is 0 Å². The van der Waals surface area contributed by atoms with Crippen LogP contribution >= 0.6 is 0 Å². The molecule has 1 heterocycles. The molecule has 0 aliphatic heterocycles. The minimum absolute atomic E-state index is 0.305. The predicted molar refractivity (Wildman–Crippen MR) is 53.4 cm³/mol. The van der Waals surface area contributed by atoms with Crippen molar-refractivity contribution in [3.8, 4) is 0 Å². The molecule has 1 aliphatic rings. The Morgan fingerprint density at radius 2 is 2.25 bits per heavy atom. The summed E-state index contributed by atoms with van der Waals surface area (Å²) in [6.07, 6.45) is 1.56. The zero-order chi connectivity index (χ0) is 11.2. The van der Waals surface area contributed by atoms with Crippen molar-refractivity contribution < 1.29 is 4.39 Å². The van der Waals surface area contributed by atoms with Gasteiger partial charge in [0.2, 0.25) is 0 Å². The van der Waals surface area contributed by atoms with Crippen molar-refractivity contribution in [1.29, 1.82) is 0 Å². The lowest BCUT2D eigenvalue weighted by atomic mass is 10.1. The van der Waals surface area contributed by atoms with Gasteiger partial charge in [-0.1, -0.05) is 12.1 Å². The number of hydrogen-bond acceptors (Lipinski definition) is 3. The summed E-state index contributed by atoms with van der Waals surface area (Å²) in [6.45, 7) is 0. The maximum Gasteiger partial charge on any atom is 0.361 e. The van der Waals surface area contributed by atoms with Crippen molar-refractivity contribution in [2.45, 2.75) is 18.4 Å². The van der Waals surface area contributed by atoms with Crippen LogP contribution in [0.3, 0.4) is 0 Å². The Hall–Kier alpha value is -1.98. The van der Waals surface area contributed by atoms with Crippen molar-refractivity contribution in [2.24, 2.45) is 0 Å². The molecule has 0 atom stereocenters. The highest BCUT2D eigenvalue weighted by molar-refractivity contribution is 5.31. The minimum atomic E-state index is -0.494. The van der Waals surface area contributed by atoms with E-state index in [0.29, 0.717) is 0 Å². The van der Waals surface area contributed by atoms with Gasteiger partial charge in [0.05, 0.1) is 5.54 Å². The average Bonchev–Trinajstić information content (AvgIpc) is 2.97. The van der Waals surface area contributed by atoms with Gasteiger partial charge >= 0.3 is 5.69 Å². The first-order chi connectivity index (χ1) is 7.72. The van der Waals surface area contributed by atoms with Gasteiger partial charge < -0.3 is 0 Å². The van der Waals surface area contributed by atoms with Gasteiger partial charge in [-0.2, -0.15) is 4.68 Å². The highest BCUT2D eigenvalue weighted by Gasteiger charge is 2.49. The van der Waals surface area contributed by atoms with Crippen molar-refractivity contribution in [2.75, 3.05) is 0 Å². The van der Waals surface area contributed by atoms with Crippen LogP contribution < -0.4 is 5.69 Å². The number of nitrogens with zero attached hydrogens (tertiary/aromatic N) is 3. The molecule has 1 saturated carbocycles. The van der Waals surface area contributed by atoms with Crippen LogP contribution in [0.5, 0.6) is 0 Å². The molecule has 5 nitrogen and oxygen atoms in total. The first kappa shape index (κ1) is 9.26. The van der Waals surface area contributed by atoms with E-state index in [2.05, 4.69) is 15.5 Å². The van der Waals surface area contributed by atoms with Gasteiger partial charge in [0, 0.05) is 0 Å². The molecule has 1 fully saturated rings.